The first-order chi connectivity index (χ1) is 7.58. The normalized spacial score (nSPS) is 42.8. The molecule has 1 N–H and O–H groups in total. The zero-order chi connectivity index (χ0) is 11.7. The SMILES string of the molecule is CC1CCNC1CN1CC(C)N(C)C(C)C1. The molecule has 0 bridgehead atoms. The number of hydrogen-bond donors (Lipinski definition) is 1. The number of nitrogens with one attached hydrogen (secondary N) is 1. The summed E-state index contributed by atoms with van der Waals surface area (Å²) in [7, 11) is 2.25. The second kappa shape index (κ2) is 5.03. The van der Waals surface area contributed by atoms with E-state index >= 15 is 0 Å². The van der Waals surface area contributed by atoms with Crippen molar-refractivity contribution in [1.82, 2.24) is 15.1 Å². The predicted octanol–water partition coefficient (Wildman–Crippen LogP) is 1.01. The summed E-state index contributed by atoms with van der Waals surface area (Å²) in [5.74, 6) is 0.852. The monoisotopic (exact) mass is 225 g/mol. The van der Waals surface area contributed by atoms with E-state index in [4.69, 9.17) is 0 Å². The summed E-state index contributed by atoms with van der Waals surface area (Å²) in [6.07, 6.45) is 1.35. The smallest absolute Gasteiger partial charge is 0.0221 e. The molecule has 16 heavy (non-hydrogen) atoms. The average molecular weight is 225 g/mol. The van der Waals surface area contributed by atoms with Gasteiger partial charge in [-0.2, -0.15) is 0 Å². The van der Waals surface area contributed by atoms with E-state index in [9.17, 15) is 0 Å². The van der Waals surface area contributed by atoms with Crippen LogP contribution in [0.1, 0.15) is 27.2 Å². The van der Waals surface area contributed by atoms with Gasteiger partial charge in [-0.25, -0.2) is 0 Å². The highest BCUT2D eigenvalue weighted by Crippen LogP contribution is 2.19. The second-order valence-electron chi connectivity index (χ2n) is 5.91. The van der Waals surface area contributed by atoms with Crippen molar-refractivity contribution in [3.05, 3.63) is 0 Å². The summed E-state index contributed by atoms with van der Waals surface area (Å²) in [6.45, 7) is 12.0. The van der Waals surface area contributed by atoms with Gasteiger partial charge in [0.25, 0.3) is 0 Å². The lowest BCUT2D eigenvalue weighted by Crippen LogP contribution is -2.57. The summed E-state index contributed by atoms with van der Waals surface area (Å²) in [4.78, 5) is 5.15. The van der Waals surface area contributed by atoms with Crippen LogP contribution in [0.3, 0.4) is 0 Å². The van der Waals surface area contributed by atoms with E-state index in [1.807, 2.05) is 0 Å². The molecule has 0 radical (unpaired) electrons. The van der Waals surface area contributed by atoms with Crippen molar-refractivity contribution in [3.63, 3.8) is 0 Å². The summed E-state index contributed by atoms with van der Waals surface area (Å²) in [6, 6.07) is 2.11. The van der Waals surface area contributed by atoms with Gasteiger partial charge in [0.1, 0.15) is 0 Å². The molecule has 94 valence electrons. The van der Waals surface area contributed by atoms with E-state index in [0.29, 0.717) is 12.1 Å². The van der Waals surface area contributed by atoms with Crippen LogP contribution in [0, 0.1) is 5.92 Å². The molecule has 2 aliphatic rings. The minimum Gasteiger partial charge on any atom is -0.312 e. The maximum absolute atomic E-state index is 3.64. The Kier molecular flexibility index (Phi) is 3.88. The van der Waals surface area contributed by atoms with Crippen molar-refractivity contribution in [2.45, 2.75) is 45.3 Å². The molecule has 2 heterocycles. The van der Waals surface area contributed by atoms with Crippen LogP contribution in [0.5, 0.6) is 0 Å². The molecule has 0 aliphatic carbocycles. The Bertz CT molecular complexity index is 219. The lowest BCUT2D eigenvalue weighted by molar-refractivity contribution is 0.0531. The first-order valence-electron chi connectivity index (χ1n) is 6.75. The third-order valence-corrected chi connectivity index (χ3v) is 4.58. The molecule has 3 heteroatoms. The molecule has 2 fully saturated rings. The first-order valence-corrected chi connectivity index (χ1v) is 6.75. The molecule has 4 unspecified atom stereocenters. The van der Waals surface area contributed by atoms with Crippen LogP contribution < -0.4 is 5.32 Å². The molecular formula is C13H27N3. The second-order valence-corrected chi connectivity index (χ2v) is 5.91. The fraction of sp³-hybridized carbons (Fsp3) is 1.00. The summed E-state index contributed by atoms with van der Waals surface area (Å²) in [5, 5.41) is 3.64. The van der Waals surface area contributed by atoms with Crippen molar-refractivity contribution in [2.75, 3.05) is 33.2 Å². The fourth-order valence-electron chi connectivity index (χ4n) is 3.08. The van der Waals surface area contributed by atoms with Gasteiger partial charge < -0.3 is 5.32 Å². The highest BCUT2D eigenvalue weighted by Gasteiger charge is 2.30. The van der Waals surface area contributed by atoms with Crippen LogP contribution in [0.2, 0.25) is 0 Å². The van der Waals surface area contributed by atoms with E-state index in [1.165, 1.54) is 32.6 Å². The maximum atomic E-state index is 3.64. The Morgan fingerprint density at radius 3 is 2.25 bits per heavy atom. The van der Waals surface area contributed by atoms with Crippen molar-refractivity contribution in [1.29, 1.82) is 0 Å². The van der Waals surface area contributed by atoms with E-state index in [-0.39, 0.29) is 0 Å². The van der Waals surface area contributed by atoms with Gasteiger partial charge in [-0.15, -0.1) is 0 Å². The van der Waals surface area contributed by atoms with Gasteiger partial charge in [-0.1, -0.05) is 6.92 Å². The highest BCUT2D eigenvalue weighted by molar-refractivity contribution is 4.88. The molecular weight excluding hydrogens is 198 g/mol. The van der Waals surface area contributed by atoms with Gasteiger partial charge >= 0.3 is 0 Å². The zero-order valence-corrected chi connectivity index (χ0v) is 11.2. The Balaban J connectivity index is 1.86. The zero-order valence-electron chi connectivity index (χ0n) is 11.2. The topological polar surface area (TPSA) is 18.5 Å². The Morgan fingerprint density at radius 1 is 1.12 bits per heavy atom. The number of nitrogens with zero attached hydrogens (tertiary/aromatic N) is 2. The molecule has 0 saturated carbocycles. The predicted molar refractivity (Wildman–Crippen MR) is 68.7 cm³/mol. The molecule has 0 aromatic heterocycles. The Hall–Kier alpha value is -0.120. The molecule has 0 amide bonds. The third kappa shape index (κ3) is 2.58. The van der Waals surface area contributed by atoms with E-state index in [1.54, 1.807) is 0 Å². The lowest BCUT2D eigenvalue weighted by atomic mass is 10.0. The van der Waals surface area contributed by atoms with Gasteiger partial charge in [-0.05, 0) is 39.8 Å². The van der Waals surface area contributed by atoms with Gasteiger partial charge in [-0.3, -0.25) is 9.80 Å². The van der Waals surface area contributed by atoms with Crippen LogP contribution >= 0.6 is 0 Å². The highest BCUT2D eigenvalue weighted by atomic mass is 15.3. The number of rotatable bonds is 2. The van der Waals surface area contributed by atoms with Gasteiger partial charge in [0, 0.05) is 37.8 Å². The van der Waals surface area contributed by atoms with Crippen molar-refractivity contribution in [2.24, 2.45) is 5.92 Å². The number of hydrogen-bond acceptors (Lipinski definition) is 3. The van der Waals surface area contributed by atoms with Crippen LogP contribution in [-0.4, -0.2) is 61.2 Å². The van der Waals surface area contributed by atoms with E-state index < -0.39 is 0 Å². The van der Waals surface area contributed by atoms with Crippen molar-refractivity contribution >= 4 is 0 Å². The van der Waals surface area contributed by atoms with Crippen LogP contribution in [-0.2, 0) is 0 Å². The largest absolute Gasteiger partial charge is 0.312 e. The standard InChI is InChI=1S/C13H27N3/c1-10-5-6-14-13(10)9-16-7-11(2)15(4)12(3)8-16/h10-14H,5-9H2,1-4H3. The molecule has 0 aromatic rings. The molecule has 2 rings (SSSR count). The van der Waals surface area contributed by atoms with E-state index in [2.05, 4.69) is 42.9 Å². The minimum atomic E-state index is 0.695. The van der Waals surface area contributed by atoms with Crippen LogP contribution in [0.15, 0.2) is 0 Å². The van der Waals surface area contributed by atoms with Crippen LogP contribution in [0.25, 0.3) is 0 Å². The molecule has 0 spiro atoms. The Morgan fingerprint density at radius 2 is 1.75 bits per heavy atom. The Labute approximate surface area is 100 Å². The van der Waals surface area contributed by atoms with Gasteiger partial charge in [0.15, 0.2) is 0 Å². The third-order valence-electron chi connectivity index (χ3n) is 4.58. The molecule has 4 atom stereocenters. The number of piperazine rings is 1. The average Bonchev–Trinajstić information content (AvgIpc) is 2.61. The summed E-state index contributed by atoms with van der Waals surface area (Å²) < 4.78 is 0. The molecule has 3 nitrogen and oxygen atoms in total. The quantitative estimate of drug-likeness (QED) is 0.757. The lowest BCUT2D eigenvalue weighted by Gasteiger charge is -2.43. The minimum absolute atomic E-state index is 0.695. The molecule has 2 saturated heterocycles. The maximum Gasteiger partial charge on any atom is 0.0221 e. The van der Waals surface area contributed by atoms with Crippen LogP contribution in [0.4, 0.5) is 0 Å². The van der Waals surface area contributed by atoms with Crippen molar-refractivity contribution < 1.29 is 0 Å². The van der Waals surface area contributed by atoms with Gasteiger partial charge in [0.2, 0.25) is 0 Å². The molecule has 2 aliphatic heterocycles. The summed E-state index contributed by atoms with van der Waals surface area (Å²) in [5.41, 5.74) is 0. The van der Waals surface area contributed by atoms with Crippen molar-refractivity contribution in [3.8, 4) is 0 Å². The summed E-state index contributed by atoms with van der Waals surface area (Å²) >= 11 is 0. The van der Waals surface area contributed by atoms with Gasteiger partial charge in [0.05, 0.1) is 0 Å². The first kappa shape index (κ1) is 12.3. The van der Waals surface area contributed by atoms with E-state index in [0.717, 1.165) is 12.0 Å². The number of likely N-dealkylation sites (N-methyl/N-ethyl adjacent to an activating group) is 1. The fourth-order valence-corrected chi connectivity index (χ4v) is 3.08. The molecule has 0 aromatic carbocycles.